The van der Waals surface area contributed by atoms with Crippen LogP contribution in [0.4, 0.5) is 0 Å². The van der Waals surface area contributed by atoms with E-state index in [1.54, 1.807) is 6.26 Å². The van der Waals surface area contributed by atoms with E-state index >= 15 is 0 Å². The van der Waals surface area contributed by atoms with E-state index in [2.05, 4.69) is 32.2 Å². The second-order valence-corrected chi connectivity index (χ2v) is 4.61. The van der Waals surface area contributed by atoms with Crippen LogP contribution in [0.3, 0.4) is 0 Å². The molecule has 1 heterocycles. The molecule has 1 aromatic rings. The van der Waals surface area contributed by atoms with Gasteiger partial charge in [0.1, 0.15) is 5.76 Å². The molecule has 92 valence electrons. The monoisotopic (exact) mass is 223 g/mol. The second kappa shape index (κ2) is 7.50. The van der Waals surface area contributed by atoms with E-state index in [-0.39, 0.29) is 0 Å². The summed E-state index contributed by atoms with van der Waals surface area (Å²) in [6.45, 7) is 7.89. The fraction of sp³-hybridized carbons (Fsp3) is 0.714. The third-order valence-corrected chi connectivity index (χ3v) is 3.09. The molecule has 1 rings (SSSR count). The minimum absolute atomic E-state index is 0.547. The zero-order valence-electron chi connectivity index (χ0n) is 10.8. The fourth-order valence-electron chi connectivity index (χ4n) is 2.11. The average molecular weight is 223 g/mol. The van der Waals surface area contributed by atoms with E-state index in [0.29, 0.717) is 12.0 Å². The van der Waals surface area contributed by atoms with Gasteiger partial charge in [-0.1, -0.05) is 27.2 Å². The molecule has 1 N–H and O–H groups in total. The molecule has 0 radical (unpaired) electrons. The van der Waals surface area contributed by atoms with Crippen molar-refractivity contribution in [1.82, 2.24) is 5.32 Å². The van der Waals surface area contributed by atoms with Crippen LogP contribution < -0.4 is 5.32 Å². The summed E-state index contributed by atoms with van der Waals surface area (Å²) in [6, 6.07) is 4.58. The zero-order chi connectivity index (χ0) is 11.8. The highest BCUT2D eigenvalue weighted by molar-refractivity contribution is 5.01. The third-order valence-electron chi connectivity index (χ3n) is 3.09. The Balaban J connectivity index is 2.49. The van der Waals surface area contributed by atoms with Gasteiger partial charge in [-0.05, 0) is 37.4 Å². The summed E-state index contributed by atoms with van der Waals surface area (Å²) in [5.41, 5.74) is 0. The van der Waals surface area contributed by atoms with Crippen LogP contribution in [0.25, 0.3) is 0 Å². The van der Waals surface area contributed by atoms with Gasteiger partial charge >= 0.3 is 0 Å². The Kier molecular flexibility index (Phi) is 6.24. The molecule has 2 nitrogen and oxygen atoms in total. The van der Waals surface area contributed by atoms with Gasteiger partial charge in [-0.15, -0.1) is 0 Å². The lowest BCUT2D eigenvalue weighted by atomic mass is 9.93. The molecule has 0 aromatic carbocycles. The van der Waals surface area contributed by atoms with Crippen molar-refractivity contribution in [2.45, 2.75) is 52.5 Å². The Morgan fingerprint density at radius 2 is 2.12 bits per heavy atom. The minimum Gasteiger partial charge on any atom is -0.469 e. The van der Waals surface area contributed by atoms with Crippen LogP contribution in [-0.2, 0) is 6.42 Å². The first-order valence-electron chi connectivity index (χ1n) is 6.53. The van der Waals surface area contributed by atoms with Crippen molar-refractivity contribution in [2.24, 2.45) is 5.92 Å². The quantitative estimate of drug-likeness (QED) is 0.728. The Hall–Kier alpha value is -0.760. The lowest BCUT2D eigenvalue weighted by Gasteiger charge is -2.24. The van der Waals surface area contributed by atoms with Crippen molar-refractivity contribution in [1.29, 1.82) is 0 Å². The molecule has 0 aliphatic rings. The van der Waals surface area contributed by atoms with E-state index in [1.807, 2.05) is 6.07 Å². The maximum atomic E-state index is 5.43. The summed E-state index contributed by atoms with van der Waals surface area (Å²) >= 11 is 0. The summed E-state index contributed by atoms with van der Waals surface area (Å²) in [6.07, 6.45) is 6.49. The first-order valence-corrected chi connectivity index (χ1v) is 6.53. The van der Waals surface area contributed by atoms with E-state index in [9.17, 15) is 0 Å². The van der Waals surface area contributed by atoms with E-state index in [1.165, 1.54) is 19.3 Å². The molecular weight excluding hydrogens is 198 g/mol. The highest BCUT2D eigenvalue weighted by atomic mass is 16.3. The zero-order valence-corrected chi connectivity index (χ0v) is 10.8. The van der Waals surface area contributed by atoms with Crippen LogP contribution in [0.15, 0.2) is 22.8 Å². The van der Waals surface area contributed by atoms with Crippen LogP contribution in [0.2, 0.25) is 0 Å². The van der Waals surface area contributed by atoms with Gasteiger partial charge in [0.05, 0.1) is 6.26 Å². The largest absolute Gasteiger partial charge is 0.469 e. The predicted molar refractivity (Wildman–Crippen MR) is 68.6 cm³/mol. The van der Waals surface area contributed by atoms with Crippen molar-refractivity contribution in [3.8, 4) is 0 Å². The molecule has 0 bridgehead atoms. The molecule has 0 amide bonds. The first kappa shape index (κ1) is 13.3. The summed E-state index contributed by atoms with van der Waals surface area (Å²) in [4.78, 5) is 0. The Bertz CT molecular complexity index is 256. The minimum atomic E-state index is 0.547. The van der Waals surface area contributed by atoms with Gasteiger partial charge in [0.2, 0.25) is 0 Å². The smallest absolute Gasteiger partial charge is 0.105 e. The van der Waals surface area contributed by atoms with Crippen molar-refractivity contribution < 1.29 is 4.42 Å². The highest BCUT2D eigenvalue weighted by Crippen LogP contribution is 2.15. The van der Waals surface area contributed by atoms with Gasteiger partial charge in [-0.25, -0.2) is 0 Å². The average Bonchev–Trinajstić information content (AvgIpc) is 2.77. The Morgan fingerprint density at radius 1 is 1.31 bits per heavy atom. The van der Waals surface area contributed by atoms with Gasteiger partial charge in [-0.2, -0.15) is 0 Å². The molecular formula is C14H25NO. The second-order valence-electron chi connectivity index (χ2n) is 4.61. The van der Waals surface area contributed by atoms with Gasteiger partial charge in [0, 0.05) is 12.5 Å². The molecule has 1 aromatic heterocycles. The lowest BCUT2D eigenvalue weighted by molar-refractivity contribution is 0.333. The van der Waals surface area contributed by atoms with Crippen molar-refractivity contribution >= 4 is 0 Å². The number of hydrogen-bond acceptors (Lipinski definition) is 2. The van der Waals surface area contributed by atoms with Gasteiger partial charge in [0.25, 0.3) is 0 Å². The predicted octanol–water partition coefficient (Wildman–Crippen LogP) is 3.63. The number of furan rings is 1. The van der Waals surface area contributed by atoms with E-state index < -0.39 is 0 Å². The van der Waals surface area contributed by atoms with E-state index in [4.69, 9.17) is 4.42 Å². The topological polar surface area (TPSA) is 25.2 Å². The maximum Gasteiger partial charge on any atom is 0.105 e. The maximum absolute atomic E-state index is 5.43. The van der Waals surface area contributed by atoms with Gasteiger partial charge in [-0.3, -0.25) is 0 Å². The Labute approximate surface area is 99.4 Å². The fourth-order valence-corrected chi connectivity index (χ4v) is 2.11. The molecule has 0 aliphatic carbocycles. The molecule has 2 unspecified atom stereocenters. The molecule has 0 aliphatic heterocycles. The number of rotatable bonds is 8. The number of hydrogen-bond donors (Lipinski definition) is 1. The summed E-state index contributed by atoms with van der Waals surface area (Å²) < 4.78 is 5.43. The number of nitrogens with one attached hydrogen (secondary N) is 1. The lowest BCUT2D eigenvalue weighted by Crippen LogP contribution is -2.37. The molecule has 0 saturated heterocycles. The standard InChI is InChI=1S/C14H25NO/c1-4-7-12(3)14(15-9-5-2)11-13-8-6-10-16-13/h6,8,10,12,14-15H,4-5,7,9,11H2,1-3H3. The van der Waals surface area contributed by atoms with Crippen LogP contribution in [0.5, 0.6) is 0 Å². The molecule has 0 fully saturated rings. The molecule has 0 saturated carbocycles. The summed E-state index contributed by atoms with van der Waals surface area (Å²) in [7, 11) is 0. The van der Waals surface area contributed by atoms with Crippen molar-refractivity contribution in [3.05, 3.63) is 24.2 Å². The van der Waals surface area contributed by atoms with Crippen LogP contribution in [-0.4, -0.2) is 12.6 Å². The Morgan fingerprint density at radius 3 is 2.69 bits per heavy atom. The first-order chi connectivity index (χ1) is 7.77. The van der Waals surface area contributed by atoms with Crippen molar-refractivity contribution in [3.63, 3.8) is 0 Å². The summed E-state index contributed by atoms with van der Waals surface area (Å²) in [5.74, 6) is 1.80. The van der Waals surface area contributed by atoms with Gasteiger partial charge in [0.15, 0.2) is 0 Å². The van der Waals surface area contributed by atoms with Crippen LogP contribution >= 0.6 is 0 Å². The molecule has 16 heavy (non-hydrogen) atoms. The molecule has 0 spiro atoms. The van der Waals surface area contributed by atoms with Crippen molar-refractivity contribution in [2.75, 3.05) is 6.54 Å². The SMILES string of the molecule is CCCNC(Cc1ccco1)C(C)CCC. The third kappa shape index (κ3) is 4.40. The van der Waals surface area contributed by atoms with E-state index in [0.717, 1.165) is 18.7 Å². The molecule has 2 heteroatoms. The normalized spacial score (nSPS) is 14.9. The van der Waals surface area contributed by atoms with Crippen LogP contribution in [0, 0.1) is 5.92 Å². The highest BCUT2D eigenvalue weighted by Gasteiger charge is 2.17. The molecule has 2 atom stereocenters. The van der Waals surface area contributed by atoms with Crippen LogP contribution in [0.1, 0.15) is 45.8 Å². The van der Waals surface area contributed by atoms with Gasteiger partial charge < -0.3 is 9.73 Å². The summed E-state index contributed by atoms with van der Waals surface area (Å²) in [5, 5.41) is 3.63.